The molecular weight excluding hydrogens is 506 g/mol. The third-order valence-corrected chi connectivity index (χ3v) is 5.73. The van der Waals surface area contributed by atoms with Crippen LogP contribution >= 0.6 is 15.9 Å². The van der Waals surface area contributed by atoms with Crippen LogP contribution in [0.3, 0.4) is 0 Å². The molecule has 1 saturated heterocycles. The fraction of sp³-hybridized carbons (Fsp3) is 0.450. The summed E-state index contributed by atoms with van der Waals surface area (Å²) in [7, 11) is 0. The molecule has 12 nitrogen and oxygen atoms in total. The van der Waals surface area contributed by atoms with Gasteiger partial charge >= 0.3 is 11.8 Å². The molecule has 1 unspecified atom stereocenters. The van der Waals surface area contributed by atoms with Gasteiger partial charge in [-0.05, 0) is 19.1 Å². The molecule has 2 aromatic rings. The van der Waals surface area contributed by atoms with Crippen molar-refractivity contribution in [3.05, 3.63) is 70.9 Å². The van der Waals surface area contributed by atoms with Crippen LogP contribution in [-0.2, 0) is 14.2 Å². The van der Waals surface area contributed by atoms with Crippen molar-refractivity contribution >= 4 is 27.8 Å². The van der Waals surface area contributed by atoms with Gasteiger partial charge in [0.25, 0.3) is 11.2 Å². The summed E-state index contributed by atoms with van der Waals surface area (Å²) in [4.78, 5) is 48.8. The van der Waals surface area contributed by atoms with Gasteiger partial charge in [0, 0.05) is 40.2 Å². The van der Waals surface area contributed by atoms with Crippen LogP contribution in [0.15, 0.2) is 38.5 Å². The zero-order valence-electron chi connectivity index (χ0n) is 17.7. The number of hydrogen-bond donors (Lipinski definition) is 2. The van der Waals surface area contributed by atoms with Gasteiger partial charge in [0.05, 0.1) is 11.5 Å². The van der Waals surface area contributed by atoms with E-state index in [-0.39, 0.29) is 24.3 Å². The van der Waals surface area contributed by atoms with Crippen LogP contribution in [0.1, 0.15) is 36.6 Å². The molecule has 1 aromatic carbocycles. The summed E-state index contributed by atoms with van der Waals surface area (Å²) in [5.41, 5.74) is -0.647. The van der Waals surface area contributed by atoms with Crippen molar-refractivity contribution < 1.29 is 29.0 Å². The van der Waals surface area contributed by atoms with Crippen LogP contribution in [0, 0.1) is 17.0 Å². The Kier molecular flexibility index (Phi) is 7.66. The molecule has 0 radical (unpaired) electrons. The first-order valence-corrected chi connectivity index (χ1v) is 10.8. The standard InChI is InChI=1S/C20H22BrN3O9/c1-10-7-23(19(27)22-18(10)26)17-6-15(16(8-25)32-17)33-20(28)31-9-11(2)13-5-12(21)3-4-14(13)24(29)30/h3-5,7,11,15-17,25H,6,8-9H2,1-2H3,(H,22,26,27)/t11?,15-,16+,17+/m0/s1. The Morgan fingerprint density at radius 3 is 2.85 bits per heavy atom. The number of ether oxygens (including phenoxy) is 3. The molecular formula is C20H22BrN3O9. The number of nitro groups is 1. The minimum absolute atomic E-state index is 0.0401. The van der Waals surface area contributed by atoms with Crippen LogP contribution in [0.4, 0.5) is 10.5 Å². The van der Waals surface area contributed by atoms with E-state index in [4.69, 9.17) is 14.2 Å². The largest absolute Gasteiger partial charge is 0.508 e. The first-order chi connectivity index (χ1) is 15.6. The molecule has 178 valence electrons. The highest BCUT2D eigenvalue weighted by Gasteiger charge is 2.39. The van der Waals surface area contributed by atoms with Gasteiger partial charge in [0.15, 0.2) is 0 Å². The first kappa shape index (κ1) is 24.6. The third-order valence-electron chi connectivity index (χ3n) is 5.23. The lowest BCUT2D eigenvalue weighted by Crippen LogP contribution is -2.33. The number of aromatic amines is 1. The van der Waals surface area contributed by atoms with Gasteiger partial charge in [-0.15, -0.1) is 0 Å². The number of aliphatic hydroxyl groups excluding tert-OH is 1. The van der Waals surface area contributed by atoms with Crippen LogP contribution in [-0.4, -0.2) is 51.2 Å². The molecule has 1 aliphatic rings. The molecule has 1 fully saturated rings. The van der Waals surface area contributed by atoms with Crippen molar-refractivity contribution in [1.82, 2.24) is 9.55 Å². The SMILES string of the molecule is Cc1cn([C@H]2C[C@H](OC(=O)OCC(C)c3cc(Br)ccc3[N+](=O)[O-])[C@@H](CO)O2)c(=O)[nH]c1=O. The van der Waals surface area contributed by atoms with Gasteiger partial charge in [0.1, 0.15) is 25.0 Å². The zero-order chi connectivity index (χ0) is 24.3. The predicted molar refractivity (Wildman–Crippen MR) is 117 cm³/mol. The van der Waals surface area contributed by atoms with E-state index in [1.54, 1.807) is 19.1 Å². The highest BCUT2D eigenvalue weighted by atomic mass is 79.9. The first-order valence-electron chi connectivity index (χ1n) is 9.96. The van der Waals surface area contributed by atoms with Crippen LogP contribution in [0.5, 0.6) is 0 Å². The van der Waals surface area contributed by atoms with Gasteiger partial charge in [-0.25, -0.2) is 9.59 Å². The molecule has 0 bridgehead atoms. The Balaban J connectivity index is 1.64. The van der Waals surface area contributed by atoms with Gasteiger partial charge in [-0.2, -0.15) is 0 Å². The zero-order valence-corrected chi connectivity index (χ0v) is 19.3. The van der Waals surface area contributed by atoms with Crippen LogP contribution < -0.4 is 11.2 Å². The smallest absolute Gasteiger partial charge is 0.434 e. The molecule has 2 heterocycles. The van der Waals surface area contributed by atoms with E-state index in [0.717, 1.165) is 4.57 Å². The van der Waals surface area contributed by atoms with E-state index in [1.165, 1.54) is 19.2 Å². The average Bonchev–Trinajstić information content (AvgIpc) is 3.16. The number of carbonyl (C=O) groups is 1. The summed E-state index contributed by atoms with van der Waals surface area (Å²) < 4.78 is 17.8. The van der Waals surface area contributed by atoms with Crippen molar-refractivity contribution in [3.8, 4) is 0 Å². The van der Waals surface area contributed by atoms with Crippen LogP contribution in [0.25, 0.3) is 0 Å². The van der Waals surface area contributed by atoms with Crippen molar-refractivity contribution in [3.63, 3.8) is 0 Å². The maximum absolute atomic E-state index is 12.3. The molecule has 0 aliphatic carbocycles. The average molecular weight is 528 g/mol. The molecule has 3 rings (SSSR count). The maximum Gasteiger partial charge on any atom is 0.508 e. The number of benzene rings is 1. The van der Waals surface area contributed by atoms with Crippen LogP contribution in [0.2, 0.25) is 0 Å². The number of aryl methyl sites for hydroxylation is 1. The van der Waals surface area contributed by atoms with E-state index in [2.05, 4.69) is 20.9 Å². The number of nitrogens with one attached hydrogen (secondary N) is 1. The molecule has 0 amide bonds. The lowest BCUT2D eigenvalue weighted by atomic mass is 10.0. The number of carbonyl (C=O) groups excluding carboxylic acids is 1. The van der Waals surface area contributed by atoms with E-state index >= 15 is 0 Å². The highest BCUT2D eigenvalue weighted by Crippen LogP contribution is 2.31. The van der Waals surface area contributed by atoms with E-state index in [9.17, 15) is 29.6 Å². The number of nitrogens with zero attached hydrogens (tertiary/aromatic N) is 2. The number of aromatic nitrogens is 2. The summed E-state index contributed by atoms with van der Waals surface area (Å²) in [6, 6.07) is 4.49. The Morgan fingerprint density at radius 1 is 1.45 bits per heavy atom. The monoisotopic (exact) mass is 527 g/mol. The molecule has 4 atom stereocenters. The summed E-state index contributed by atoms with van der Waals surface area (Å²) in [5.74, 6) is -0.501. The van der Waals surface area contributed by atoms with Crippen molar-refractivity contribution in [2.75, 3.05) is 13.2 Å². The molecule has 1 aliphatic heterocycles. The number of H-pyrrole nitrogens is 1. The summed E-state index contributed by atoms with van der Waals surface area (Å²) >= 11 is 3.27. The predicted octanol–water partition coefficient (Wildman–Crippen LogP) is 2.12. The van der Waals surface area contributed by atoms with Gasteiger partial charge < -0.3 is 19.3 Å². The minimum Gasteiger partial charge on any atom is -0.434 e. The van der Waals surface area contributed by atoms with Crippen molar-refractivity contribution in [1.29, 1.82) is 0 Å². The number of aliphatic hydroxyl groups is 1. The molecule has 33 heavy (non-hydrogen) atoms. The van der Waals surface area contributed by atoms with E-state index in [1.807, 2.05) is 0 Å². The molecule has 13 heteroatoms. The third kappa shape index (κ3) is 5.67. The van der Waals surface area contributed by atoms with E-state index in [0.29, 0.717) is 10.0 Å². The quantitative estimate of drug-likeness (QED) is 0.311. The van der Waals surface area contributed by atoms with Crippen molar-refractivity contribution in [2.45, 2.75) is 44.6 Å². The Bertz CT molecular complexity index is 1160. The second kappa shape index (κ2) is 10.3. The second-order valence-corrected chi connectivity index (χ2v) is 8.52. The highest BCUT2D eigenvalue weighted by molar-refractivity contribution is 9.10. The lowest BCUT2D eigenvalue weighted by Gasteiger charge is -2.17. The normalized spacial score (nSPS) is 20.9. The molecule has 1 aromatic heterocycles. The molecule has 0 saturated carbocycles. The number of rotatable bonds is 7. The summed E-state index contributed by atoms with van der Waals surface area (Å²) in [6.45, 7) is 2.52. The van der Waals surface area contributed by atoms with Crippen molar-refractivity contribution in [2.24, 2.45) is 0 Å². The summed E-state index contributed by atoms with van der Waals surface area (Å²) in [5, 5.41) is 20.8. The number of nitro benzene ring substituents is 1. The maximum atomic E-state index is 12.3. The van der Waals surface area contributed by atoms with Gasteiger partial charge in [-0.1, -0.05) is 22.9 Å². The second-order valence-electron chi connectivity index (χ2n) is 7.60. The molecule has 2 N–H and O–H groups in total. The fourth-order valence-electron chi connectivity index (χ4n) is 3.49. The van der Waals surface area contributed by atoms with Gasteiger partial charge in [0.2, 0.25) is 0 Å². The lowest BCUT2D eigenvalue weighted by molar-refractivity contribution is -0.385. The van der Waals surface area contributed by atoms with E-state index < -0.39 is 53.3 Å². The summed E-state index contributed by atoms with van der Waals surface area (Å²) in [6.07, 6.45) is -2.37. The Hall–Kier alpha value is -3.03. The van der Waals surface area contributed by atoms with Gasteiger partial charge in [-0.3, -0.25) is 24.5 Å². The molecule has 0 spiro atoms. The topological polar surface area (TPSA) is 163 Å². The minimum atomic E-state index is -1.04. The Morgan fingerprint density at radius 2 is 2.18 bits per heavy atom. The Labute approximate surface area is 195 Å². The number of halogens is 1. The fourth-order valence-corrected chi connectivity index (χ4v) is 3.86. The number of hydrogen-bond acceptors (Lipinski definition) is 9.